The van der Waals surface area contributed by atoms with E-state index in [2.05, 4.69) is 17.1 Å². The van der Waals surface area contributed by atoms with Crippen molar-refractivity contribution < 1.29 is 4.79 Å². The average Bonchev–Trinajstić information content (AvgIpc) is 3.11. The number of amides is 1. The van der Waals surface area contributed by atoms with Crippen LogP contribution in [-0.4, -0.2) is 37.4 Å². The summed E-state index contributed by atoms with van der Waals surface area (Å²) in [5.41, 5.74) is 2.20. The van der Waals surface area contributed by atoms with Crippen molar-refractivity contribution in [3.05, 3.63) is 35.9 Å². The number of aromatic nitrogens is 4. The van der Waals surface area contributed by atoms with Crippen LogP contribution in [0.25, 0.3) is 0 Å². The SMILES string of the molecule is CC[C@H](C(=O)N(C)Cc1cnn(CC)c1C)n1cccn1. The quantitative estimate of drug-likeness (QED) is 0.817. The molecule has 0 aromatic carbocycles. The van der Waals surface area contributed by atoms with Gasteiger partial charge in [-0.3, -0.25) is 14.2 Å². The van der Waals surface area contributed by atoms with Crippen molar-refractivity contribution >= 4 is 5.91 Å². The summed E-state index contributed by atoms with van der Waals surface area (Å²) in [7, 11) is 1.83. The summed E-state index contributed by atoms with van der Waals surface area (Å²) in [4.78, 5) is 14.4. The van der Waals surface area contributed by atoms with Crippen molar-refractivity contribution in [2.75, 3.05) is 7.05 Å². The van der Waals surface area contributed by atoms with Gasteiger partial charge in [-0.1, -0.05) is 6.92 Å². The van der Waals surface area contributed by atoms with Gasteiger partial charge in [0, 0.05) is 43.8 Å². The van der Waals surface area contributed by atoms with Crippen molar-refractivity contribution in [2.45, 2.75) is 46.3 Å². The van der Waals surface area contributed by atoms with Gasteiger partial charge in [-0.05, 0) is 26.3 Å². The Hall–Kier alpha value is -2.11. The highest BCUT2D eigenvalue weighted by molar-refractivity contribution is 5.80. The van der Waals surface area contributed by atoms with Crippen molar-refractivity contribution in [1.29, 1.82) is 0 Å². The number of carbonyl (C=O) groups is 1. The molecule has 0 radical (unpaired) electrons. The van der Waals surface area contributed by atoms with Gasteiger partial charge in [0.05, 0.1) is 6.20 Å². The summed E-state index contributed by atoms with van der Waals surface area (Å²) in [6.07, 6.45) is 6.10. The molecule has 6 nitrogen and oxygen atoms in total. The van der Waals surface area contributed by atoms with E-state index < -0.39 is 0 Å². The molecular formula is C15H23N5O. The summed E-state index contributed by atoms with van der Waals surface area (Å²) in [5.74, 6) is 0.0739. The number of hydrogen-bond acceptors (Lipinski definition) is 3. The van der Waals surface area contributed by atoms with Crippen molar-refractivity contribution in [3.63, 3.8) is 0 Å². The predicted octanol–water partition coefficient (Wildman–Crippen LogP) is 2.02. The molecular weight excluding hydrogens is 266 g/mol. The molecule has 0 spiro atoms. The fourth-order valence-corrected chi connectivity index (χ4v) is 2.49. The van der Waals surface area contributed by atoms with Gasteiger partial charge >= 0.3 is 0 Å². The number of carbonyl (C=O) groups excluding carboxylic acids is 1. The molecule has 6 heteroatoms. The molecule has 0 saturated heterocycles. The van der Waals surface area contributed by atoms with Crippen LogP contribution in [0.4, 0.5) is 0 Å². The third kappa shape index (κ3) is 3.15. The molecule has 114 valence electrons. The van der Waals surface area contributed by atoms with E-state index in [1.807, 2.05) is 44.0 Å². The van der Waals surface area contributed by atoms with E-state index in [1.165, 1.54) is 0 Å². The van der Waals surface area contributed by atoms with E-state index in [4.69, 9.17) is 0 Å². The van der Waals surface area contributed by atoms with Crippen molar-refractivity contribution in [1.82, 2.24) is 24.5 Å². The topological polar surface area (TPSA) is 56.0 Å². The Morgan fingerprint density at radius 3 is 2.67 bits per heavy atom. The van der Waals surface area contributed by atoms with Gasteiger partial charge < -0.3 is 4.90 Å². The number of nitrogens with zero attached hydrogens (tertiary/aromatic N) is 5. The van der Waals surface area contributed by atoms with Gasteiger partial charge in [0.1, 0.15) is 6.04 Å². The second kappa shape index (κ2) is 6.56. The summed E-state index contributed by atoms with van der Waals surface area (Å²) < 4.78 is 3.67. The number of aryl methyl sites for hydroxylation is 1. The molecule has 0 aliphatic rings. The minimum absolute atomic E-state index is 0.0739. The lowest BCUT2D eigenvalue weighted by molar-refractivity contribution is -0.134. The Morgan fingerprint density at radius 2 is 2.14 bits per heavy atom. The van der Waals surface area contributed by atoms with Crippen LogP contribution in [0.5, 0.6) is 0 Å². The van der Waals surface area contributed by atoms with Gasteiger partial charge in [0.25, 0.3) is 0 Å². The zero-order valence-electron chi connectivity index (χ0n) is 13.2. The second-order valence-electron chi connectivity index (χ2n) is 5.18. The van der Waals surface area contributed by atoms with Crippen LogP contribution < -0.4 is 0 Å². The zero-order chi connectivity index (χ0) is 15.4. The normalized spacial score (nSPS) is 12.4. The van der Waals surface area contributed by atoms with Gasteiger partial charge in [0.2, 0.25) is 5.91 Å². The fraction of sp³-hybridized carbons (Fsp3) is 0.533. The zero-order valence-corrected chi connectivity index (χ0v) is 13.2. The molecule has 2 rings (SSSR count). The smallest absolute Gasteiger partial charge is 0.247 e. The first-order chi connectivity index (χ1) is 10.1. The highest BCUT2D eigenvalue weighted by Gasteiger charge is 2.23. The molecule has 2 aromatic rings. The summed E-state index contributed by atoms with van der Waals surface area (Å²) >= 11 is 0. The second-order valence-corrected chi connectivity index (χ2v) is 5.18. The molecule has 0 saturated carbocycles. The maximum Gasteiger partial charge on any atom is 0.247 e. The third-order valence-electron chi connectivity index (χ3n) is 3.80. The number of rotatable bonds is 6. The molecule has 0 fully saturated rings. The molecule has 1 atom stereocenters. The number of likely N-dealkylation sites (N-methyl/N-ethyl adjacent to an activating group) is 1. The van der Waals surface area contributed by atoms with E-state index in [9.17, 15) is 4.79 Å². The molecule has 0 N–H and O–H groups in total. The third-order valence-corrected chi connectivity index (χ3v) is 3.80. The minimum atomic E-state index is -0.244. The van der Waals surface area contributed by atoms with Crippen LogP contribution in [0.2, 0.25) is 0 Å². The Labute approximate surface area is 125 Å². The van der Waals surface area contributed by atoms with Gasteiger partial charge in [-0.25, -0.2) is 0 Å². The van der Waals surface area contributed by atoms with Gasteiger partial charge in [0.15, 0.2) is 0 Å². The van der Waals surface area contributed by atoms with E-state index in [1.54, 1.807) is 15.8 Å². The first-order valence-corrected chi connectivity index (χ1v) is 7.33. The summed E-state index contributed by atoms with van der Waals surface area (Å²) in [6, 6.07) is 1.59. The molecule has 21 heavy (non-hydrogen) atoms. The predicted molar refractivity (Wildman–Crippen MR) is 80.7 cm³/mol. The molecule has 2 heterocycles. The highest BCUT2D eigenvalue weighted by atomic mass is 16.2. The monoisotopic (exact) mass is 289 g/mol. The Balaban J connectivity index is 2.10. The van der Waals surface area contributed by atoms with Crippen LogP contribution in [0.15, 0.2) is 24.7 Å². The van der Waals surface area contributed by atoms with Gasteiger partial charge in [-0.15, -0.1) is 0 Å². The van der Waals surface area contributed by atoms with Crippen LogP contribution >= 0.6 is 0 Å². The molecule has 2 aromatic heterocycles. The average molecular weight is 289 g/mol. The maximum absolute atomic E-state index is 12.6. The van der Waals surface area contributed by atoms with Gasteiger partial charge in [-0.2, -0.15) is 10.2 Å². The standard InChI is InChI=1S/C15H23N5O/c1-5-14(20-9-7-8-16-20)15(21)18(4)11-13-10-17-19(6-2)12(13)3/h7-10,14H,5-6,11H2,1-4H3/t14-/m1/s1. The maximum atomic E-state index is 12.6. The largest absolute Gasteiger partial charge is 0.339 e. The van der Waals surface area contributed by atoms with Crippen LogP contribution in [0, 0.1) is 6.92 Å². The van der Waals surface area contributed by atoms with E-state index in [0.29, 0.717) is 6.54 Å². The molecule has 0 aliphatic carbocycles. The first-order valence-electron chi connectivity index (χ1n) is 7.33. The first kappa shape index (κ1) is 15.3. The van der Waals surface area contributed by atoms with E-state index in [-0.39, 0.29) is 11.9 Å². The lowest BCUT2D eigenvalue weighted by Crippen LogP contribution is -2.34. The fourth-order valence-electron chi connectivity index (χ4n) is 2.49. The summed E-state index contributed by atoms with van der Waals surface area (Å²) in [6.45, 7) is 7.51. The number of hydrogen-bond donors (Lipinski definition) is 0. The highest BCUT2D eigenvalue weighted by Crippen LogP contribution is 2.16. The Kier molecular flexibility index (Phi) is 4.77. The van der Waals surface area contributed by atoms with E-state index >= 15 is 0 Å². The molecule has 1 amide bonds. The lowest BCUT2D eigenvalue weighted by Gasteiger charge is -2.23. The summed E-state index contributed by atoms with van der Waals surface area (Å²) in [5, 5.41) is 8.51. The van der Waals surface area contributed by atoms with E-state index in [0.717, 1.165) is 24.2 Å². The van der Waals surface area contributed by atoms with Crippen LogP contribution in [0.3, 0.4) is 0 Å². The molecule has 0 aliphatic heterocycles. The Bertz CT molecular complexity index is 587. The van der Waals surface area contributed by atoms with Crippen molar-refractivity contribution in [3.8, 4) is 0 Å². The minimum Gasteiger partial charge on any atom is -0.339 e. The molecule has 0 bridgehead atoms. The van der Waals surface area contributed by atoms with Crippen LogP contribution in [-0.2, 0) is 17.9 Å². The van der Waals surface area contributed by atoms with Crippen LogP contribution in [0.1, 0.15) is 37.6 Å². The van der Waals surface area contributed by atoms with Crippen molar-refractivity contribution in [2.24, 2.45) is 0 Å². The Morgan fingerprint density at radius 1 is 1.38 bits per heavy atom. The molecule has 0 unspecified atom stereocenters. The lowest BCUT2D eigenvalue weighted by atomic mass is 10.2.